The first-order valence-electron chi connectivity index (χ1n) is 5.90. The van der Waals surface area contributed by atoms with Gasteiger partial charge in [0.05, 0.1) is 6.10 Å². The van der Waals surface area contributed by atoms with Crippen molar-refractivity contribution in [3.63, 3.8) is 0 Å². The molecule has 0 aliphatic heterocycles. The molecule has 2 atom stereocenters. The molecule has 2 unspecified atom stereocenters. The van der Waals surface area contributed by atoms with Crippen molar-refractivity contribution >= 4 is 13.8 Å². The zero-order valence-electron chi connectivity index (χ0n) is 10.3. The predicted octanol–water partition coefficient (Wildman–Crippen LogP) is 0.694. The Morgan fingerprint density at radius 3 is 2.22 bits per heavy atom. The van der Waals surface area contributed by atoms with Gasteiger partial charge in [-0.15, -0.1) is 0 Å². The summed E-state index contributed by atoms with van der Waals surface area (Å²) in [5, 5.41) is 18.6. The molecule has 0 radical (unpaired) electrons. The normalized spacial score (nSPS) is 17.2. The van der Waals surface area contributed by atoms with Gasteiger partial charge in [0.25, 0.3) is 0 Å². The van der Waals surface area contributed by atoms with Crippen LogP contribution in [0.2, 0.25) is 6.32 Å². The third kappa shape index (κ3) is 5.73. The van der Waals surface area contributed by atoms with Gasteiger partial charge in [0.1, 0.15) is 13.4 Å². The van der Waals surface area contributed by atoms with E-state index in [0.29, 0.717) is 6.42 Å². The molecule has 0 aliphatic carbocycles. The second-order valence-corrected chi connectivity index (χ2v) is 4.47. The minimum Gasteiger partial charge on any atom is -0.480 e. The van der Waals surface area contributed by atoms with E-state index in [1.54, 1.807) is 0 Å². The van der Waals surface area contributed by atoms with Gasteiger partial charge in [-0.2, -0.15) is 13.2 Å². The molecule has 0 spiro atoms. The van der Waals surface area contributed by atoms with Crippen LogP contribution in [0.25, 0.3) is 0 Å². The van der Waals surface area contributed by atoms with Crippen molar-refractivity contribution in [1.29, 1.82) is 0 Å². The summed E-state index contributed by atoms with van der Waals surface area (Å²) in [5.41, 5.74) is 3.54. The van der Waals surface area contributed by atoms with Gasteiger partial charge in [-0.3, -0.25) is 4.79 Å². The van der Waals surface area contributed by atoms with Crippen molar-refractivity contribution in [3.8, 4) is 0 Å². The molecule has 0 amide bonds. The molecule has 0 heterocycles. The summed E-state index contributed by atoms with van der Waals surface area (Å²) >= 11 is 0. The monoisotopic (exact) mass is 269 g/mol. The fourth-order valence-corrected chi connectivity index (χ4v) is 1.64. The fraction of sp³-hybridized carbons (Fsp3) is 0.900. The molecule has 0 fully saturated rings. The van der Waals surface area contributed by atoms with Gasteiger partial charge >= 0.3 is 12.1 Å². The smallest absolute Gasteiger partial charge is 0.389 e. The highest BCUT2D eigenvalue weighted by molar-refractivity contribution is 6.08. The number of aliphatic hydroxyl groups excluding tert-OH is 1. The summed E-state index contributed by atoms with van der Waals surface area (Å²) < 4.78 is 36.0. The molecule has 0 aliphatic rings. The van der Waals surface area contributed by atoms with Crippen LogP contribution in [0, 0.1) is 0 Å². The minimum absolute atomic E-state index is 0.0325. The lowest BCUT2D eigenvalue weighted by atomic mass is 9.84. The van der Waals surface area contributed by atoms with E-state index in [0.717, 1.165) is 12.7 Å². The van der Waals surface area contributed by atoms with Crippen LogP contribution in [-0.2, 0) is 4.79 Å². The Hall–Kier alpha value is -0.755. The van der Waals surface area contributed by atoms with Crippen LogP contribution in [-0.4, -0.2) is 41.8 Å². The number of unbranched alkanes of at least 4 members (excludes halogenated alkanes) is 1. The Bertz CT molecular complexity index is 276. The van der Waals surface area contributed by atoms with E-state index in [9.17, 15) is 23.1 Å². The van der Waals surface area contributed by atoms with Crippen molar-refractivity contribution in [3.05, 3.63) is 0 Å². The van der Waals surface area contributed by atoms with E-state index in [2.05, 4.69) is 0 Å². The van der Waals surface area contributed by atoms with Gasteiger partial charge in [0.15, 0.2) is 0 Å². The summed E-state index contributed by atoms with van der Waals surface area (Å²) in [6.45, 7) is 0. The summed E-state index contributed by atoms with van der Waals surface area (Å²) in [5.74, 6) is -1.46. The SMILES string of the molecule is BCCCCC(N)(C(=O)O)C(O)CCC(F)(F)F. The van der Waals surface area contributed by atoms with Crippen LogP contribution in [0.15, 0.2) is 0 Å². The maximum absolute atomic E-state index is 12.0. The van der Waals surface area contributed by atoms with E-state index in [-0.39, 0.29) is 6.42 Å². The number of aliphatic hydroxyl groups is 1. The van der Waals surface area contributed by atoms with Crippen LogP contribution in [0.5, 0.6) is 0 Å². The van der Waals surface area contributed by atoms with Crippen LogP contribution in [0.4, 0.5) is 13.2 Å². The number of carboxylic acids is 1. The molecule has 0 saturated carbocycles. The molecule has 0 rings (SSSR count). The maximum Gasteiger partial charge on any atom is 0.389 e. The second-order valence-electron chi connectivity index (χ2n) is 4.47. The Morgan fingerprint density at radius 2 is 1.83 bits per heavy atom. The first-order valence-corrected chi connectivity index (χ1v) is 5.90. The van der Waals surface area contributed by atoms with E-state index in [1.807, 2.05) is 7.85 Å². The van der Waals surface area contributed by atoms with Crippen LogP contribution in [0.1, 0.15) is 32.1 Å². The lowest BCUT2D eigenvalue weighted by Gasteiger charge is -2.30. The first kappa shape index (κ1) is 17.2. The molecule has 18 heavy (non-hydrogen) atoms. The average Bonchev–Trinajstić information content (AvgIpc) is 2.24. The summed E-state index contributed by atoms with van der Waals surface area (Å²) in [7, 11) is 1.90. The number of halogens is 3. The predicted molar refractivity (Wildman–Crippen MR) is 63.1 cm³/mol. The number of alkyl halides is 3. The summed E-state index contributed by atoms with van der Waals surface area (Å²) in [6.07, 6.45) is -6.09. The zero-order chi connectivity index (χ0) is 14.4. The van der Waals surface area contributed by atoms with Gasteiger partial charge in [0, 0.05) is 6.42 Å². The van der Waals surface area contributed by atoms with E-state index in [1.165, 1.54) is 0 Å². The van der Waals surface area contributed by atoms with Gasteiger partial charge in [-0.05, 0) is 12.8 Å². The Morgan fingerprint density at radius 1 is 1.28 bits per heavy atom. The highest BCUT2D eigenvalue weighted by Gasteiger charge is 2.42. The summed E-state index contributed by atoms with van der Waals surface area (Å²) in [6, 6.07) is 0. The molecule has 4 N–H and O–H groups in total. The molecule has 8 heteroatoms. The Balaban J connectivity index is 4.51. The number of hydrogen-bond acceptors (Lipinski definition) is 3. The van der Waals surface area contributed by atoms with Crippen molar-refractivity contribution in [2.75, 3.05) is 0 Å². The highest BCUT2D eigenvalue weighted by Crippen LogP contribution is 2.27. The van der Waals surface area contributed by atoms with Gasteiger partial charge < -0.3 is 15.9 Å². The zero-order valence-corrected chi connectivity index (χ0v) is 10.3. The summed E-state index contributed by atoms with van der Waals surface area (Å²) in [4.78, 5) is 11.0. The second kappa shape index (κ2) is 6.99. The topological polar surface area (TPSA) is 83.6 Å². The average molecular weight is 269 g/mol. The van der Waals surface area contributed by atoms with Crippen LogP contribution < -0.4 is 5.73 Å². The van der Waals surface area contributed by atoms with Crippen LogP contribution >= 0.6 is 0 Å². The molecule has 0 aromatic rings. The quantitative estimate of drug-likeness (QED) is 0.447. The molecule has 0 aromatic heterocycles. The fourth-order valence-electron chi connectivity index (χ4n) is 1.64. The number of rotatable bonds is 8. The van der Waals surface area contributed by atoms with Gasteiger partial charge in [0.2, 0.25) is 0 Å². The molecular weight excluding hydrogens is 250 g/mol. The third-order valence-corrected chi connectivity index (χ3v) is 2.89. The van der Waals surface area contributed by atoms with E-state index in [4.69, 9.17) is 10.8 Å². The van der Waals surface area contributed by atoms with Crippen molar-refractivity contribution in [2.45, 2.75) is 56.2 Å². The third-order valence-electron chi connectivity index (χ3n) is 2.89. The Labute approximate surface area is 105 Å². The van der Waals surface area contributed by atoms with Gasteiger partial charge in [-0.1, -0.05) is 19.2 Å². The van der Waals surface area contributed by atoms with Gasteiger partial charge in [-0.25, -0.2) is 0 Å². The van der Waals surface area contributed by atoms with E-state index < -0.39 is 36.6 Å². The first-order chi connectivity index (χ1) is 8.13. The standard InChI is InChI=1S/C10H19BF3NO3/c11-6-2-1-4-9(15,8(17)18)7(16)3-5-10(12,13)14/h7,16H,1-6,11,15H2,(H,17,18). The van der Waals surface area contributed by atoms with Crippen molar-refractivity contribution in [1.82, 2.24) is 0 Å². The minimum atomic E-state index is -4.43. The molecule has 0 aromatic carbocycles. The number of nitrogens with two attached hydrogens (primary N) is 1. The molecule has 106 valence electrons. The van der Waals surface area contributed by atoms with Crippen molar-refractivity contribution in [2.24, 2.45) is 5.73 Å². The lowest BCUT2D eigenvalue weighted by molar-refractivity contribution is -0.155. The number of aliphatic carboxylic acids is 1. The number of carbonyl (C=O) groups is 1. The number of carboxylic acid groups (broad SMARTS) is 1. The largest absolute Gasteiger partial charge is 0.480 e. The van der Waals surface area contributed by atoms with E-state index >= 15 is 0 Å². The molecule has 0 saturated heterocycles. The molecule has 0 bridgehead atoms. The molecular formula is C10H19BF3NO3. The highest BCUT2D eigenvalue weighted by atomic mass is 19.4. The molecule has 4 nitrogen and oxygen atoms in total. The van der Waals surface area contributed by atoms with Crippen molar-refractivity contribution < 1.29 is 28.2 Å². The maximum atomic E-state index is 12.0. The number of hydrogen-bond donors (Lipinski definition) is 3. The lowest BCUT2D eigenvalue weighted by Crippen LogP contribution is -2.57. The van der Waals surface area contributed by atoms with Crippen LogP contribution in [0.3, 0.4) is 0 Å². The Kier molecular flexibility index (Phi) is 6.69.